The standard InChI is InChI=1S/C24H19N7O2/c1-3-16-10-11-18-14-19(31(24(33)30(16)18)17-8-5-4-6-9-17)15(2)27-23(32)20-21(25)28-29-13-7-12-26-22(20)29/h1,4-15H,2H3,(H2,25,28)(H,27,32)/t15-/m1/s1. The number of carbonyl (C=O) groups is 1. The third kappa shape index (κ3) is 3.21. The topological polar surface area (TPSA) is 112 Å². The van der Waals surface area contributed by atoms with Gasteiger partial charge in [-0.25, -0.2) is 14.3 Å². The molecule has 0 saturated carbocycles. The van der Waals surface area contributed by atoms with Gasteiger partial charge in [-0.1, -0.05) is 24.1 Å². The minimum Gasteiger partial charge on any atom is -0.381 e. The van der Waals surface area contributed by atoms with Gasteiger partial charge in [-0.3, -0.25) is 13.8 Å². The Morgan fingerprint density at radius 2 is 1.97 bits per heavy atom. The van der Waals surface area contributed by atoms with Crippen LogP contribution in [0, 0.1) is 12.3 Å². The average molecular weight is 437 g/mol. The first-order valence-electron chi connectivity index (χ1n) is 10.2. The van der Waals surface area contributed by atoms with Gasteiger partial charge in [-0.15, -0.1) is 11.5 Å². The third-order valence-electron chi connectivity index (χ3n) is 5.45. The molecule has 1 aromatic carbocycles. The molecule has 0 fully saturated rings. The average Bonchev–Trinajstić information content (AvgIpc) is 3.39. The van der Waals surface area contributed by atoms with E-state index < -0.39 is 11.9 Å². The first kappa shape index (κ1) is 20.1. The molecule has 5 rings (SSSR count). The van der Waals surface area contributed by atoms with Crippen molar-refractivity contribution in [2.75, 3.05) is 5.73 Å². The van der Waals surface area contributed by atoms with Crippen molar-refractivity contribution in [2.45, 2.75) is 13.0 Å². The van der Waals surface area contributed by atoms with Crippen LogP contribution in [-0.2, 0) is 0 Å². The molecular weight excluding hydrogens is 418 g/mol. The maximum Gasteiger partial charge on any atom is 0.338 e. The fraction of sp³-hybridized carbons (Fsp3) is 0.0833. The Morgan fingerprint density at radius 3 is 2.73 bits per heavy atom. The molecule has 3 N–H and O–H groups in total. The highest BCUT2D eigenvalue weighted by Gasteiger charge is 2.23. The number of terminal acetylenes is 1. The van der Waals surface area contributed by atoms with E-state index in [1.807, 2.05) is 36.4 Å². The Labute approximate surface area is 188 Å². The quantitative estimate of drug-likeness (QED) is 0.419. The van der Waals surface area contributed by atoms with Gasteiger partial charge < -0.3 is 11.1 Å². The van der Waals surface area contributed by atoms with E-state index in [-0.39, 0.29) is 17.1 Å². The summed E-state index contributed by atoms with van der Waals surface area (Å²) in [6.45, 7) is 1.79. The molecule has 33 heavy (non-hydrogen) atoms. The Bertz CT molecular complexity index is 1620. The number of aromatic nitrogens is 5. The summed E-state index contributed by atoms with van der Waals surface area (Å²) in [6.07, 6.45) is 8.82. The van der Waals surface area contributed by atoms with Crippen LogP contribution in [0.2, 0.25) is 0 Å². The Kier molecular flexibility index (Phi) is 4.68. The van der Waals surface area contributed by atoms with Crippen molar-refractivity contribution in [3.63, 3.8) is 0 Å². The summed E-state index contributed by atoms with van der Waals surface area (Å²) in [5, 5.41) is 7.07. The van der Waals surface area contributed by atoms with E-state index in [2.05, 4.69) is 21.3 Å². The number of nitrogen functional groups attached to an aromatic ring is 1. The fourth-order valence-corrected chi connectivity index (χ4v) is 3.94. The van der Waals surface area contributed by atoms with E-state index in [4.69, 9.17) is 12.2 Å². The number of hydrogen-bond donors (Lipinski definition) is 2. The molecule has 9 nitrogen and oxygen atoms in total. The highest BCUT2D eigenvalue weighted by molar-refractivity contribution is 6.04. The number of para-hydroxylation sites is 1. The van der Waals surface area contributed by atoms with Crippen molar-refractivity contribution in [2.24, 2.45) is 0 Å². The molecule has 0 aliphatic rings. The van der Waals surface area contributed by atoms with Gasteiger partial charge in [-0.2, -0.15) is 0 Å². The van der Waals surface area contributed by atoms with E-state index in [0.717, 1.165) is 0 Å². The van der Waals surface area contributed by atoms with Crippen molar-refractivity contribution in [1.82, 2.24) is 28.9 Å². The van der Waals surface area contributed by atoms with Crippen LogP contribution in [0.4, 0.5) is 5.82 Å². The highest BCUT2D eigenvalue weighted by Crippen LogP contribution is 2.22. The number of amides is 1. The van der Waals surface area contributed by atoms with Gasteiger partial charge >= 0.3 is 5.69 Å². The number of carbonyl (C=O) groups excluding carboxylic acids is 1. The smallest absolute Gasteiger partial charge is 0.338 e. The molecule has 9 heteroatoms. The summed E-state index contributed by atoms with van der Waals surface area (Å²) >= 11 is 0. The van der Waals surface area contributed by atoms with Crippen LogP contribution < -0.4 is 16.7 Å². The molecule has 1 amide bonds. The van der Waals surface area contributed by atoms with Crippen LogP contribution in [0.3, 0.4) is 0 Å². The number of nitrogens with two attached hydrogens (primary N) is 1. The highest BCUT2D eigenvalue weighted by atomic mass is 16.2. The summed E-state index contributed by atoms with van der Waals surface area (Å²) in [7, 11) is 0. The SMILES string of the molecule is C#Cc1ccc2cc([C@@H](C)NC(=O)c3c(N)nn4cccnc34)n(-c3ccccc3)c(=O)n12. The molecule has 5 aromatic rings. The number of rotatable bonds is 4. The Balaban J connectivity index is 1.63. The normalized spacial score (nSPS) is 12.0. The van der Waals surface area contributed by atoms with Gasteiger partial charge in [0.05, 0.1) is 22.9 Å². The lowest BCUT2D eigenvalue weighted by Gasteiger charge is -2.20. The van der Waals surface area contributed by atoms with Crippen molar-refractivity contribution < 1.29 is 4.79 Å². The van der Waals surface area contributed by atoms with Gasteiger partial charge in [0, 0.05) is 12.4 Å². The molecule has 4 aromatic heterocycles. The zero-order chi connectivity index (χ0) is 23.1. The lowest BCUT2D eigenvalue weighted by molar-refractivity contribution is 0.0941. The zero-order valence-electron chi connectivity index (χ0n) is 17.6. The molecule has 0 aliphatic carbocycles. The number of benzene rings is 1. The molecule has 0 bridgehead atoms. The Morgan fingerprint density at radius 1 is 1.18 bits per heavy atom. The fourth-order valence-electron chi connectivity index (χ4n) is 3.94. The first-order valence-corrected chi connectivity index (χ1v) is 10.2. The number of hydrogen-bond acceptors (Lipinski definition) is 5. The summed E-state index contributed by atoms with van der Waals surface area (Å²) in [5.41, 5.74) is 8.50. The van der Waals surface area contributed by atoms with Gasteiger partial charge in [0.1, 0.15) is 11.3 Å². The maximum absolute atomic E-state index is 13.5. The molecule has 4 heterocycles. The van der Waals surface area contributed by atoms with Crippen LogP contribution in [0.1, 0.15) is 34.7 Å². The predicted octanol–water partition coefficient (Wildman–Crippen LogP) is 2.19. The van der Waals surface area contributed by atoms with E-state index >= 15 is 0 Å². The van der Waals surface area contributed by atoms with Crippen LogP contribution >= 0.6 is 0 Å². The number of fused-ring (bicyclic) bond motifs is 2. The minimum absolute atomic E-state index is 0.0690. The molecule has 0 saturated heterocycles. The van der Waals surface area contributed by atoms with Crippen molar-refractivity contribution >= 4 is 22.9 Å². The lowest BCUT2D eigenvalue weighted by atomic mass is 10.1. The molecule has 0 radical (unpaired) electrons. The largest absolute Gasteiger partial charge is 0.381 e. The Hall–Kier alpha value is -4.84. The second-order valence-electron chi connectivity index (χ2n) is 7.49. The predicted molar refractivity (Wildman–Crippen MR) is 124 cm³/mol. The van der Waals surface area contributed by atoms with Gasteiger partial charge in [-0.05, 0) is 43.3 Å². The van der Waals surface area contributed by atoms with Gasteiger partial charge in [0.25, 0.3) is 5.91 Å². The van der Waals surface area contributed by atoms with Crippen LogP contribution in [0.15, 0.2) is 71.8 Å². The van der Waals surface area contributed by atoms with E-state index in [0.29, 0.717) is 28.2 Å². The number of nitrogens with one attached hydrogen (secondary N) is 1. The third-order valence-corrected chi connectivity index (χ3v) is 5.45. The number of nitrogens with zero attached hydrogens (tertiary/aromatic N) is 5. The summed E-state index contributed by atoms with van der Waals surface area (Å²) in [5.74, 6) is 2.17. The van der Waals surface area contributed by atoms with Gasteiger partial charge in [0.15, 0.2) is 11.5 Å². The van der Waals surface area contributed by atoms with Crippen LogP contribution in [0.5, 0.6) is 0 Å². The molecular formula is C24H19N7O2. The monoisotopic (exact) mass is 437 g/mol. The van der Waals surface area contributed by atoms with Crippen molar-refractivity contribution in [3.05, 3.63) is 94.4 Å². The first-order chi connectivity index (χ1) is 16.0. The maximum atomic E-state index is 13.5. The second-order valence-corrected chi connectivity index (χ2v) is 7.49. The van der Waals surface area contributed by atoms with Crippen LogP contribution in [0.25, 0.3) is 16.9 Å². The van der Waals surface area contributed by atoms with Crippen molar-refractivity contribution in [3.8, 4) is 18.0 Å². The minimum atomic E-state index is -0.558. The lowest BCUT2D eigenvalue weighted by Crippen LogP contribution is -2.34. The zero-order valence-corrected chi connectivity index (χ0v) is 17.6. The number of anilines is 1. The molecule has 0 unspecified atom stereocenters. The van der Waals surface area contributed by atoms with Crippen LogP contribution in [-0.4, -0.2) is 29.5 Å². The van der Waals surface area contributed by atoms with E-state index in [1.54, 1.807) is 37.5 Å². The van der Waals surface area contributed by atoms with Gasteiger partial charge in [0.2, 0.25) is 0 Å². The van der Waals surface area contributed by atoms with Crippen molar-refractivity contribution in [1.29, 1.82) is 0 Å². The van der Waals surface area contributed by atoms with E-state index in [9.17, 15) is 9.59 Å². The summed E-state index contributed by atoms with van der Waals surface area (Å²) in [4.78, 5) is 30.9. The van der Waals surface area contributed by atoms with E-state index in [1.165, 1.54) is 13.5 Å². The second kappa shape index (κ2) is 7.69. The summed E-state index contributed by atoms with van der Waals surface area (Å²) in [6, 6.07) is 15.6. The summed E-state index contributed by atoms with van der Waals surface area (Å²) < 4.78 is 4.46. The molecule has 162 valence electrons. The molecule has 0 spiro atoms. The molecule has 1 atom stereocenters. The molecule has 0 aliphatic heterocycles.